The molecule has 0 fully saturated rings. The van der Waals surface area contributed by atoms with Crippen molar-refractivity contribution in [1.29, 1.82) is 0 Å². The molecule has 5 nitrogen and oxygen atoms in total. The Labute approximate surface area is 95.9 Å². The third-order valence-corrected chi connectivity index (χ3v) is 1.87. The van der Waals surface area contributed by atoms with Crippen LogP contribution in [0.3, 0.4) is 0 Å². The van der Waals surface area contributed by atoms with E-state index in [4.69, 9.17) is 0 Å². The average molecular weight is 228 g/mol. The standard InChI is InChI=1S/C9H14N2O3.C2H6/c1-5-3-7(13)9(10-5)11-8(14)4-6(2)12;1-2/h3,7,9-10,13H,4H2,1-2H3,(H,11,14);1-2H3. The molecule has 0 aromatic heterocycles. The summed E-state index contributed by atoms with van der Waals surface area (Å²) in [5.41, 5.74) is 0.811. The molecule has 3 N–H and O–H groups in total. The molecular formula is C11H20N2O3. The summed E-state index contributed by atoms with van der Waals surface area (Å²) in [4.78, 5) is 21.8. The lowest BCUT2D eigenvalue weighted by Crippen LogP contribution is -2.48. The number of aliphatic hydroxyl groups is 1. The summed E-state index contributed by atoms with van der Waals surface area (Å²) >= 11 is 0. The van der Waals surface area contributed by atoms with Crippen molar-refractivity contribution in [2.45, 2.75) is 46.4 Å². The molecule has 2 atom stereocenters. The molecule has 0 saturated heterocycles. The number of ketones is 1. The lowest BCUT2D eigenvalue weighted by molar-refractivity contribution is -0.128. The lowest BCUT2D eigenvalue weighted by atomic mass is 10.2. The van der Waals surface area contributed by atoms with E-state index >= 15 is 0 Å². The van der Waals surface area contributed by atoms with Crippen LogP contribution < -0.4 is 10.6 Å². The van der Waals surface area contributed by atoms with Gasteiger partial charge < -0.3 is 15.7 Å². The minimum absolute atomic E-state index is 0.149. The van der Waals surface area contributed by atoms with Crippen molar-refractivity contribution in [2.24, 2.45) is 0 Å². The van der Waals surface area contributed by atoms with Crippen LogP contribution in [0, 0.1) is 0 Å². The van der Waals surface area contributed by atoms with E-state index in [2.05, 4.69) is 10.6 Å². The van der Waals surface area contributed by atoms with E-state index in [0.29, 0.717) is 0 Å². The summed E-state index contributed by atoms with van der Waals surface area (Å²) in [6.07, 6.45) is 0.218. The van der Waals surface area contributed by atoms with E-state index in [1.54, 1.807) is 13.0 Å². The normalized spacial score (nSPS) is 22.4. The molecule has 5 heteroatoms. The fraction of sp³-hybridized carbons (Fsp3) is 0.636. The Balaban J connectivity index is 0.00000106. The topological polar surface area (TPSA) is 78.4 Å². The van der Waals surface area contributed by atoms with Gasteiger partial charge in [0.25, 0.3) is 0 Å². The molecule has 0 saturated carbocycles. The molecular weight excluding hydrogens is 208 g/mol. The highest BCUT2D eigenvalue weighted by molar-refractivity contribution is 5.96. The van der Waals surface area contributed by atoms with Crippen molar-refractivity contribution in [2.75, 3.05) is 0 Å². The number of hydrogen-bond donors (Lipinski definition) is 3. The zero-order valence-corrected chi connectivity index (χ0v) is 10.2. The van der Waals surface area contributed by atoms with Gasteiger partial charge in [-0.1, -0.05) is 13.8 Å². The van der Waals surface area contributed by atoms with Crippen molar-refractivity contribution in [3.8, 4) is 0 Å². The monoisotopic (exact) mass is 228 g/mol. The number of Topliss-reactive ketones (excluding diaryl/α,β-unsaturated/α-hetero) is 1. The molecule has 0 aliphatic carbocycles. The molecule has 1 aliphatic heterocycles. The number of carbonyl (C=O) groups excluding carboxylic acids is 2. The largest absolute Gasteiger partial charge is 0.385 e. The third kappa shape index (κ3) is 4.93. The van der Waals surface area contributed by atoms with Crippen molar-refractivity contribution < 1.29 is 14.7 Å². The van der Waals surface area contributed by atoms with Crippen LogP contribution in [0.25, 0.3) is 0 Å². The zero-order chi connectivity index (χ0) is 12.7. The lowest BCUT2D eigenvalue weighted by Gasteiger charge is -2.17. The Kier molecular flexibility index (Phi) is 6.41. The second-order valence-electron chi connectivity index (χ2n) is 3.41. The summed E-state index contributed by atoms with van der Waals surface area (Å²) in [5, 5.41) is 14.8. The number of carbonyl (C=O) groups is 2. The van der Waals surface area contributed by atoms with Crippen LogP contribution in [-0.4, -0.2) is 29.1 Å². The van der Waals surface area contributed by atoms with E-state index in [1.165, 1.54) is 6.92 Å². The molecule has 0 radical (unpaired) electrons. The van der Waals surface area contributed by atoms with E-state index in [-0.39, 0.29) is 18.1 Å². The minimum Gasteiger partial charge on any atom is -0.385 e. The smallest absolute Gasteiger partial charge is 0.229 e. The Bertz CT molecular complexity index is 287. The van der Waals surface area contributed by atoms with Gasteiger partial charge in [0.2, 0.25) is 5.91 Å². The van der Waals surface area contributed by atoms with Crippen LogP contribution in [-0.2, 0) is 9.59 Å². The first-order chi connectivity index (χ1) is 7.49. The predicted molar refractivity (Wildman–Crippen MR) is 61.5 cm³/mol. The second kappa shape index (κ2) is 7.00. The van der Waals surface area contributed by atoms with Crippen LogP contribution in [0.1, 0.15) is 34.1 Å². The number of amides is 1. The molecule has 16 heavy (non-hydrogen) atoms. The van der Waals surface area contributed by atoms with E-state index in [9.17, 15) is 14.7 Å². The number of nitrogens with one attached hydrogen (secondary N) is 2. The van der Waals surface area contributed by atoms with Gasteiger partial charge >= 0.3 is 0 Å². The van der Waals surface area contributed by atoms with Crippen molar-refractivity contribution in [3.05, 3.63) is 11.8 Å². The molecule has 1 amide bonds. The first-order valence-corrected chi connectivity index (χ1v) is 5.41. The number of hydrogen-bond acceptors (Lipinski definition) is 4. The van der Waals surface area contributed by atoms with Gasteiger partial charge in [-0.05, 0) is 19.9 Å². The molecule has 0 aromatic carbocycles. The molecule has 1 heterocycles. The highest BCUT2D eigenvalue weighted by atomic mass is 16.3. The predicted octanol–water partition coefficient (Wildman–Crippen LogP) is 0.302. The van der Waals surface area contributed by atoms with Crippen LogP contribution in [0.5, 0.6) is 0 Å². The maximum atomic E-state index is 11.2. The highest BCUT2D eigenvalue weighted by Crippen LogP contribution is 2.06. The maximum Gasteiger partial charge on any atom is 0.229 e. The Morgan fingerprint density at radius 3 is 2.44 bits per heavy atom. The molecule has 1 aliphatic rings. The van der Waals surface area contributed by atoms with Gasteiger partial charge in [-0.25, -0.2) is 0 Å². The fourth-order valence-corrected chi connectivity index (χ4v) is 1.30. The highest BCUT2D eigenvalue weighted by Gasteiger charge is 2.24. The SMILES string of the molecule is CC.CC(=O)CC(=O)NC1NC(C)=CC1O. The van der Waals surface area contributed by atoms with Gasteiger partial charge in [-0.15, -0.1) is 0 Å². The van der Waals surface area contributed by atoms with Crippen LogP contribution in [0.2, 0.25) is 0 Å². The quantitative estimate of drug-likeness (QED) is 0.607. The average Bonchev–Trinajstić information content (AvgIpc) is 2.47. The minimum atomic E-state index is -0.731. The van der Waals surface area contributed by atoms with E-state index < -0.39 is 12.3 Å². The summed E-state index contributed by atoms with van der Waals surface area (Å²) in [6.45, 7) is 7.14. The van der Waals surface area contributed by atoms with Crippen LogP contribution in [0.4, 0.5) is 0 Å². The van der Waals surface area contributed by atoms with Gasteiger partial charge in [-0.2, -0.15) is 0 Å². The van der Waals surface area contributed by atoms with Crippen LogP contribution in [0.15, 0.2) is 11.8 Å². The first-order valence-electron chi connectivity index (χ1n) is 5.41. The summed E-state index contributed by atoms with van der Waals surface area (Å²) in [5.74, 6) is -0.572. The Morgan fingerprint density at radius 2 is 2.06 bits per heavy atom. The first kappa shape index (κ1) is 14.6. The number of rotatable bonds is 3. The molecule has 92 valence electrons. The summed E-state index contributed by atoms with van der Waals surface area (Å²) < 4.78 is 0. The summed E-state index contributed by atoms with van der Waals surface area (Å²) in [6, 6.07) is 0. The van der Waals surface area contributed by atoms with Gasteiger partial charge in [-0.3, -0.25) is 9.59 Å². The van der Waals surface area contributed by atoms with Gasteiger partial charge in [0.1, 0.15) is 18.1 Å². The van der Waals surface area contributed by atoms with E-state index in [1.807, 2.05) is 13.8 Å². The van der Waals surface area contributed by atoms with Crippen molar-refractivity contribution >= 4 is 11.7 Å². The van der Waals surface area contributed by atoms with Gasteiger partial charge in [0.05, 0.1) is 6.42 Å². The van der Waals surface area contributed by atoms with E-state index in [0.717, 1.165) is 5.70 Å². The molecule has 2 unspecified atom stereocenters. The number of allylic oxidation sites excluding steroid dienone is 1. The molecule has 0 aromatic rings. The zero-order valence-electron chi connectivity index (χ0n) is 10.2. The third-order valence-electron chi connectivity index (χ3n) is 1.87. The Hall–Kier alpha value is -1.36. The Morgan fingerprint density at radius 1 is 1.50 bits per heavy atom. The van der Waals surface area contributed by atoms with Crippen LogP contribution >= 0.6 is 0 Å². The van der Waals surface area contributed by atoms with Gasteiger partial charge in [0.15, 0.2) is 0 Å². The van der Waals surface area contributed by atoms with Gasteiger partial charge in [0, 0.05) is 5.70 Å². The molecule has 0 bridgehead atoms. The fourth-order valence-electron chi connectivity index (χ4n) is 1.30. The molecule has 1 rings (SSSR count). The van der Waals surface area contributed by atoms with Crippen molar-refractivity contribution in [3.63, 3.8) is 0 Å². The summed E-state index contributed by atoms with van der Waals surface area (Å²) in [7, 11) is 0. The second-order valence-corrected chi connectivity index (χ2v) is 3.41. The number of aliphatic hydroxyl groups excluding tert-OH is 1. The van der Waals surface area contributed by atoms with Crippen molar-refractivity contribution in [1.82, 2.24) is 10.6 Å². The maximum absolute atomic E-state index is 11.2. The molecule has 0 spiro atoms.